The first-order valence-corrected chi connectivity index (χ1v) is 6.76. The quantitative estimate of drug-likeness (QED) is 0.607. The van der Waals surface area contributed by atoms with Gasteiger partial charge in [-0.05, 0) is 19.9 Å². The molecule has 5 heteroatoms. The maximum absolute atomic E-state index is 11.2. The maximum Gasteiger partial charge on any atom is 0.151 e. The molecule has 0 fully saturated rings. The van der Waals surface area contributed by atoms with Crippen molar-refractivity contribution in [3.05, 3.63) is 0 Å². The van der Waals surface area contributed by atoms with Crippen molar-refractivity contribution in [3.8, 4) is 0 Å². The van der Waals surface area contributed by atoms with Crippen molar-refractivity contribution in [2.45, 2.75) is 26.3 Å². The summed E-state index contributed by atoms with van der Waals surface area (Å²) in [6.07, 6.45) is 0.910. The first-order chi connectivity index (χ1) is 6.52. The van der Waals surface area contributed by atoms with E-state index < -0.39 is 9.84 Å². The van der Waals surface area contributed by atoms with Crippen LogP contribution in [0.25, 0.3) is 0 Å². The van der Waals surface area contributed by atoms with Crippen molar-refractivity contribution in [1.82, 2.24) is 5.32 Å². The number of hydrogen-bond acceptors (Lipinski definition) is 4. The first-order valence-electron chi connectivity index (χ1n) is 4.94. The van der Waals surface area contributed by atoms with Crippen molar-refractivity contribution in [3.63, 3.8) is 0 Å². The van der Waals surface area contributed by atoms with Gasteiger partial charge < -0.3 is 10.1 Å². The van der Waals surface area contributed by atoms with Crippen molar-refractivity contribution >= 4 is 9.84 Å². The summed E-state index contributed by atoms with van der Waals surface area (Å²) < 4.78 is 27.4. The van der Waals surface area contributed by atoms with Gasteiger partial charge in [0.25, 0.3) is 0 Å². The molecule has 0 aromatic heterocycles. The van der Waals surface area contributed by atoms with E-state index in [0.717, 1.165) is 13.0 Å². The predicted octanol–water partition coefficient (Wildman–Crippen LogP) is 0.436. The molecule has 1 atom stereocenters. The van der Waals surface area contributed by atoms with Crippen LogP contribution in [0.5, 0.6) is 0 Å². The number of hydrogen-bond donors (Lipinski definition) is 1. The molecule has 0 saturated heterocycles. The molecule has 0 spiro atoms. The van der Waals surface area contributed by atoms with Gasteiger partial charge in [0, 0.05) is 25.5 Å². The van der Waals surface area contributed by atoms with Gasteiger partial charge in [0.2, 0.25) is 0 Å². The highest BCUT2D eigenvalue weighted by molar-refractivity contribution is 7.91. The Morgan fingerprint density at radius 1 is 1.43 bits per heavy atom. The highest BCUT2D eigenvalue weighted by Crippen LogP contribution is 1.94. The molecule has 0 radical (unpaired) electrons. The molecule has 0 amide bonds. The monoisotopic (exact) mass is 223 g/mol. The average molecular weight is 223 g/mol. The molecule has 0 saturated carbocycles. The number of rotatable bonds is 8. The number of sulfone groups is 1. The third-order valence-corrected chi connectivity index (χ3v) is 3.85. The lowest BCUT2D eigenvalue weighted by Gasteiger charge is -2.12. The van der Waals surface area contributed by atoms with E-state index in [-0.39, 0.29) is 17.5 Å². The van der Waals surface area contributed by atoms with Gasteiger partial charge in [0.1, 0.15) is 0 Å². The third-order valence-electron chi connectivity index (χ3n) is 1.96. The minimum absolute atomic E-state index is 0.0248. The molecule has 14 heavy (non-hydrogen) atoms. The van der Waals surface area contributed by atoms with E-state index in [1.807, 2.05) is 6.92 Å². The third kappa shape index (κ3) is 7.29. The Balaban J connectivity index is 3.60. The van der Waals surface area contributed by atoms with Gasteiger partial charge in [-0.25, -0.2) is 8.42 Å². The topological polar surface area (TPSA) is 55.4 Å². The van der Waals surface area contributed by atoms with Crippen LogP contribution < -0.4 is 5.32 Å². The molecular weight excluding hydrogens is 202 g/mol. The molecule has 0 aliphatic heterocycles. The van der Waals surface area contributed by atoms with Gasteiger partial charge in [0.05, 0.1) is 5.75 Å². The molecule has 0 aromatic carbocycles. The van der Waals surface area contributed by atoms with Gasteiger partial charge in [0.15, 0.2) is 9.84 Å². The molecule has 0 heterocycles. The van der Waals surface area contributed by atoms with Crippen LogP contribution in [0, 0.1) is 0 Å². The second-order valence-corrected chi connectivity index (χ2v) is 5.80. The van der Waals surface area contributed by atoms with E-state index in [1.54, 1.807) is 14.0 Å². The van der Waals surface area contributed by atoms with Crippen LogP contribution in [-0.2, 0) is 14.6 Å². The fourth-order valence-electron chi connectivity index (χ4n) is 1.12. The lowest BCUT2D eigenvalue weighted by molar-refractivity contribution is 0.193. The molecule has 86 valence electrons. The van der Waals surface area contributed by atoms with Gasteiger partial charge in [-0.15, -0.1) is 0 Å². The second kappa shape index (κ2) is 7.20. The van der Waals surface area contributed by atoms with Crippen LogP contribution in [0.1, 0.15) is 20.3 Å². The highest BCUT2D eigenvalue weighted by atomic mass is 32.2. The largest absolute Gasteiger partial charge is 0.385 e. The molecule has 1 N–H and O–H groups in total. The van der Waals surface area contributed by atoms with Gasteiger partial charge in [-0.2, -0.15) is 0 Å². The number of methoxy groups -OCH3 is 1. The molecular formula is C9H21NO3S. The first kappa shape index (κ1) is 13.9. The van der Waals surface area contributed by atoms with Crippen molar-refractivity contribution in [2.75, 3.05) is 31.8 Å². The summed E-state index contributed by atoms with van der Waals surface area (Å²) in [5.74, 6) is 0.438. The van der Waals surface area contributed by atoms with Crippen LogP contribution >= 0.6 is 0 Å². The summed E-state index contributed by atoms with van der Waals surface area (Å²) in [6.45, 7) is 5.07. The SMILES string of the molecule is CCS(=O)(=O)CC(C)NCCCOC. The fourth-order valence-corrected chi connectivity index (χ4v) is 2.24. The normalized spacial score (nSPS) is 14.2. The van der Waals surface area contributed by atoms with Crippen LogP contribution in [0.3, 0.4) is 0 Å². The standard InChI is InChI=1S/C9H21NO3S/c1-4-14(11,12)8-9(2)10-6-5-7-13-3/h9-10H,4-8H2,1-3H3. The van der Waals surface area contributed by atoms with E-state index in [0.29, 0.717) is 6.61 Å². The maximum atomic E-state index is 11.2. The number of nitrogens with one attached hydrogen (secondary N) is 1. The lowest BCUT2D eigenvalue weighted by atomic mass is 10.3. The lowest BCUT2D eigenvalue weighted by Crippen LogP contribution is -2.34. The number of ether oxygens (including phenoxy) is 1. The highest BCUT2D eigenvalue weighted by Gasteiger charge is 2.12. The Morgan fingerprint density at radius 2 is 2.07 bits per heavy atom. The van der Waals surface area contributed by atoms with Crippen LogP contribution in [0.15, 0.2) is 0 Å². The zero-order valence-electron chi connectivity index (χ0n) is 9.25. The average Bonchev–Trinajstić information content (AvgIpc) is 2.12. The molecule has 0 rings (SSSR count). The predicted molar refractivity (Wildman–Crippen MR) is 58.3 cm³/mol. The van der Waals surface area contributed by atoms with Crippen LogP contribution in [-0.4, -0.2) is 46.2 Å². The Morgan fingerprint density at radius 3 is 2.57 bits per heavy atom. The van der Waals surface area contributed by atoms with E-state index in [1.165, 1.54) is 0 Å². The second-order valence-electron chi connectivity index (χ2n) is 3.40. The van der Waals surface area contributed by atoms with Gasteiger partial charge in [-0.3, -0.25) is 0 Å². The van der Waals surface area contributed by atoms with Crippen LogP contribution in [0.2, 0.25) is 0 Å². The van der Waals surface area contributed by atoms with E-state index in [2.05, 4.69) is 5.32 Å². The zero-order valence-corrected chi connectivity index (χ0v) is 10.1. The molecule has 4 nitrogen and oxygen atoms in total. The van der Waals surface area contributed by atoms with E-state index in [4.69, 9.17) is 4.74 Å². The summed E-state index contributed by atoms with van der Waals surface area (Å²) >= 11 is 0. The molecule has 0 aliphatic rings. The fraction of sp³-hybridized carbons (Fsp3) is 1.00. The summed E-state index contributed by atoms with van der Waals surface area (Å²) in [5, 5.41) is 3.15. The summed E-state index contributed by atoms with van der Waals surface area (Å²) in [5.41, 5.74) is 0. The summed E-state index contributed by atoms with van der Waals surface area (Å²) in [7, 11) is -1.20. The minimum Gasteiger partial charge on any atom is -0.385 e. The van der Waals surface area contributed by atoms with Crippen molar-refractivity contribution < 1.29 is 13.2 Å². The van der Waals surface area contributed by atoms with Crippen LogP contribution in [0.4, 0.5) is 0 Å². The minimum atomic E-state index is -2.86. The molecule has 1 unspecified atom stereocenters. The molecule has 0 aromatic rings. The summed E-state index contributed by atoms with van der Waals surface area (Å²) in [4.78, 5) is 0. The Bertz CT molecular complexity index is 226. The zero-order chi connectivity index (χ0) is 11.0. The summed E-state index contributed by atoms with van der Waals surface area (Å²) in [6, 6.07) is 0.0248. The van der Waals surface area contributed by atoms with Crippen molar-refractivity contribution in [2.24, 2.45) is 0 Å². The van der Waals surface area contributed by atoms with Gasteiger partial charge in [-0.1, -0.05) is 6.92 Å². The smallest absolute Gasteiger partial charge is 0.151 e. The molecule has 0 aliphatic carbocycles. The Kier molecular flexibility index (Phi) is 7.13. The Hall–Kier alpha value is -0.130. The van der Waals surface area contributed by atoms with E-state index >= 15 is 0 Å². The van der Waals surface area contributed by atoms with Gasteiger partial charge >= 0.3 is 0 Å². The Labute approximate surface area is 86.9 Å². The van der Waals surface area contributed by atoms with Crippen molar-refractivity contribution in [1.29, 1.82) is 0 Å². The molecule has 0 bridgehead atoms. The van der Waals surface area contributed by atoms with E-state index in [9.17, 15) is 8.42 Å².